The number of carbonyl (C=O) groups excluding carboxylic acids is 4. The first-order chi connectivity index (χ1) is 36.9. The van der Waals surface area contributed by atoms with Gasteiger partial charge in [-0.1, -0.05) is 228 Å². The monoisotopic (exact) mass is 1140 g/mol. The van der Waals surface area contributed by atoms with Crippen LogP contribution in [-0.4, -0.2) is 96.7 Å². The van der Waals surface area contributed by atoms with Gasteiger partial charge in [-0.3, -0.25) is 37.3 Å². The number of aliphatic hydroxyl groups is 1. The minimum Gasteiger partial charge on any atom is -0.462 e. The van der Waals surface area contributed by atoms with E-state index in [9.17, 15) is 43.2 Å². The number of esters is 4. The van der Waals surface area contributed by atoms with Crippen LogP contribution < -0.4 is 0 Å². The summed E-state index contributed by atoms with van der Waals surface area (Å²) < 4.78 is 67.6. The predicted molar refractivity (Wildman–Crippen MR) is 303 cm³/mol. The molecule has 0 aromatic heterocycles. The van der Waals surface area contributed by atoms with Crippen LogP contribution in [0.2, 0.25) is 0 Å². The predicted octanol–water partition coefficient (Wildman–Crippen LogP) is 15.3. The topological polar surface area (TPSA) is 237 Å². The summed E-state index contributed by atoms with van der Waals surface area (Å²) in [5.74, 6) is -0.776. The molecule has 0 aromatic carbocycles. The van der Waals surface area contributed by atoms with Crippen molar-refractivity contribution in [3.63, 3.8) is 0 Å². The van der Waals surface area contributed by atoms with Gasteiger partial charge in [0.2, 0.25) is 0 Å². The Morgan fingerprint density at radius 1 is 0.351 bits per heavy atom. The molecule has 17 nitrogen and oxygen atoms in total. The molecule has 0 bridgehead atoms. The first-order valence-electron chi connectivity index (χ1n) is 30.5. The molecule has 0 saturated carbocycles. The summed E-state index contributed by atoms with van der Waals surface area (Å²) in [5.41, 5.74) is 0. The summed E-state index contributed by atoms with van der Waals surface area (Å²) in [6.45, 7) is 9.25. The molecule has 3 N–H and O–H groups in total. The maximum Gasteiger partial charge on any atom is 0.472 e. The summed E-state index contributed by atoms with van der Waals surface area (Å²) >= 11 is 0. The van der Waals surface area contributed by atoms with Crippen LogP contribution in [0.15, 0.2) is 0 Å². The highest BCUT2D eigenvalue weighted by Crippen LogP contribution is 2.45. The van der Waals surface area contributed by atoms with Gasteiger partial charge < -0.3 is 33.8 Å². The fraction of sp³-hybridized carbons (Fsp3) is 0.931. The van der Waals surface area contributed by atoms with Crippen molar-refractivity contribution < 1.29 is 80.2 Å². The molecular formula is C58H112O17P2. The van der Waals surface area contributed by atoms with Gasteiger partial charge in [0.15, 0.2) is 12.2 Å². The normalized spacial score (nSPS) is 14.5. The minimum atomic E-state index is -4.94. The molecular weight excluding hydrogens is 1030 g/mol. The van der Waals surface area contributed by atoms with E-state index in [2.05, 4.69) is 41.5 Å². The number of phosphoric ester groups is 2. The molecule has 5 atom stereocenters. The Morgan fingerprint density at radius 3 is 0.883 bits per heavy atom. The number of carbonyl (C=O) groups is 4. The van der Waals surface area contributed by atoms with E-state index < -0.39 is 97.5 Å². The Labute approximate surface area is 467 Å². The van der Waals surface area contributed by atoms with Gasteiger partial charge in [0.25, 0.3) is 0 Å². The molecule has 0 heterocycles. The number of rotatable bonds is 57. The zero-order valence-electron chi connectivity index (χ0n) is 49.2. The zero-order chi connectivity index (χ0) is 57.3. The average Bonchev–Trinajstić information content (AvgIpc) is 3.38. The molecule has 0 fully saturated rings. The van der Waals surface area contributed by atoms with E-state index in [4.69, 9.17) is 37.0 Å². The van der Waals surface area contributed by atoms with Gasteiger partial charge in [0, 0.05) is 25.7 Å². The average molecular weight is 1140 g/mol. The third-order valence-corrected chi connectivity index (χ3v) is 15.1. The molecule has 0 amide bonds. The largest absolute Gasteiger partial charge is 0.472 e. The maximum atomic E-state index is 12.9. The highest BCUT2D eigenvalue weighted by molar-refractivity contribution is 7.47. The van der Waals surface area contributed by atoms with Gasteiger partial charge in [0.1, 0.15) is 19.3 Å². The maximum absolute atomic E-state index is 12.9. The second-order valence-electron chi connectivity index (χ2n) is 22.0. The molecule has 0 spiro atoms. The summed E-state index contributed by atoms with van der Waals surface area (Å²) in [6, 6.07) is 0. The quantitative estimate of drug-likeness (QED) is 0.0222. The van der Waals surface area contributed by atoms with Crippen LogP contribution in [0.1, 0.15) is 279 Å². The second-order valence-corrected chi connectivity index (χ2v) is 24.9. The Morgan fingerprint density at radius 2 is 0.597 bits per heavy atom. The van der Waals surface area contributed by atoms with Crippen LogP contribution >= 0.6 is 15.6 Å². The van der Waals surface area contributed by atoms with Gasteiger partial charge >= 0.3 is 39.5 Å². The van der Waals surface area contributed by atoms with E-state index in [1.165, 1.54) is 77.0 Å². The fourth-order valence-corrected chi connectivity index (χ4v) is 10.0. The Hall–Kier alpha value is -1.94. The van der Waals surface area contributed by atoms with Crippen LogP contribution in [0.5, 0.6) is 0 Å². The second kappa shape index (κ2) is 51.0. The molecule has 77 heavy (non-hydrogen) atoms. The SMILES string of the molecule is CCCCCCCCCCCCCC(=O)O[C@H](COC(=O)CCCCCCCCCC(C)C)COP(=O)(O)OC[C@@H](O)COP(=O)(O)OC[C@@H](COC(=O)CCCCCCCCC)OC(=O)CCCCCCCCC(C)C. The van der Waals surface area contributed by atoms with E-state index in [1.54, 1.807) is 0 Å². The third-order valence-electron chi connectivity index (χ3n) is 13.2. The molecule has 0 aliphatic heterocycles. The number of ether oxygens (including phenoxy) is 4. The number of phosphoric acid groups is 2. The van der Waals surface area contributed by atoms with Gasteiger partial charge in [-0.05, 0) is 37.5 Å². The lowest BCUT2D eigenvalue weighted by atomic mass is 10.0. The Bertz CT molecular complexity index is 1530. The summed E-state index contributed by atoms with van der Waals surface area (Å²) in [7, 11) is -9.87. The lowest BCUT2D eigenvalue weighted by Gasteiger charge is -2.21. The lowest BCUT2D eigenvalue weighted by Crippen LogP contribution is -2.30. The van der Waals surface area contributed by atoms with Crippen LogP contribution in [0.25, 0.3) is 0 Å². The Kier molecular flexibility index (Phi) is 49.7. The van der Waals surface area contributed by atoms with Gasteiger partial charge in [0.05, 0.1) is 26.4 Å². The van der Waals surface area contributed by atoms with Crippen molar-refractivity contribution >= 4 is 39.5 Å². The molecule has 0 aromatic rings. The van der Waals surface area contributed by atoms with Crippen molar-refractivity contribution in [2.45, 2.75) is 297 Å². The van der Waals surface area contributed by atoms with Gasteiger partial charge in [-0.25, -0.2) is 9.13 Å². The van der Waals surface area contributed by atoms with E-state index in [0.717, 1.165) is 109 Å². The van der Waals surface area contributed by atoms with E-state index in [1.807, 2.05) is 0 Å². The molecule has 0 aliphatic carbocycles. The van der Waals surface area contributed by atoms with Crippen LogP contribution in [-0.2, 0) is 65.4 Å². The van der Waals surface area contributed by atoms with E-state index >= 15 is 0 Å². The molecule has 0 radical (unpaired) electrons. The highest BCUT2D eigenvalue weighted by atomic mass is 31.2. The lowest BCUT2D eigenvalue weighted by molar-refractivity contribution is -0.161. The number of unbranched alkanes of at least 4 members (excludes halogenated alkanes) is 27. The van der Waals surface area contributed by atoms with Crippen molar-refractivity contribution in [1.82, 2.24) is 0 Å². The first kappa shape index (κ1) is 75.1. The fourth-order valence-electron chi connectivity index (χ4n) is 8.47. The van der Waals surface area contributed by atoms with Gasteiger partial charge in [-0.2, -0.15) is 0 Å². The molecule has 0 aliphatic rings. The first-order valence-corrected chi connectivity index (χ1v) is 33.5. The van der Waals surface area contributed by atoms with Crippen molar-refractivity contribution in [3.05, 3.63) is 0 Å². The van der Waals surface area contributed by atoms with Crippen molar-refractivity contribution in [1.29, 1.82) is 0 Å². The highest BCUT2D eigenvalue weighted by Gasteiger charge is 2.30. The summed E-state index contributed by atoms with van der Waals surface area (Å²) in [4.78, 5) is 71.7. The van der Waals surface area contributed by atoms with Crippen molar-refractivity contribution in [2.24, 2.45) is 11.8 Å². The van der Waals surface area contributed by atoms with Crippen LogP contribution in [0.3, 0.4) is 0 Å². The van der Waals surface area contributed by atoms with Gasteiger partial charge in [-0.15, -0.1) is 0 Å². The number of hydrogen-bond acceptors (Lipinski definition) is 15. The Balaban J connectivity index is 5.22. The van der Waals surface area contributed by atoms with Crippen molar-refractivity contribution in [2.75, 3.05) is 39.6 Å². The third kappa shape index (κ3) is 53.2. The van der Waals surface area contributed by atoms with Crippen molar-refractivity contribution in [3.8, 4) is 0 Å². The number of hydrogen-bond donors (Lipinski definition) is 3. The van der Waals surface area contributed by atoms with E-state index in [-0.39, 0.29) is 25.7 Å². The molecule has 2 unspecified atom stereocenters. The molecule has 19 heteroatoms. The van der Waals surface area contributed by atoms with Crippen LogP contribution in [0.4, 0.5) is 0 Å². The number of aliphatic hydroxyl groups excluding tert-OH is 1. The zero-order valence-corrected chi connectivity index (χ0v) is 51.0. The molecule has 0 saturated heterocycles. The summed E-state index contributed by atoms with van der Waals surface area (Å²) in [5, 5.41) is 10.5. The smallest absolute Gasteiger partial charge is 0.462 e. The standard InChI is InChI=1S/C58H112O17P2/c1-7-9-11-13-15-16-17-18-22-30-36-42-57(62)74-53(47-69-56(61)41-35-29-23-19-21-26-32-38-50(3)4)48-72-76(64,65)70-44-52(59)45-71-77(66,67)73-49-54(46-68-55(60)40-34-28-20-14-12-10-8-2)75-58(63)43-37-31-25-24-27-33-39-51(5)6/h50-54,59H,7-49H2,1-6H3,(H,64,65)(H,66,67)/t52-,53-,54-/m1/s1. The summed E-state index contributed by atoms with van der Waals surface area (Å²) in [6.07, 6.45) is 31.0. The van der Waals surface area contributed by atoms with E-state index in [0.29, 0.717) is 37.5 Å². The molecule has 456 valence electrons. The van der Waals surface area contributed by atoms with Crippen LogP contribution in [0, 0.1) is 11.8 Å². The molecule has 0 rings (SSSR count). The minimum absolute atomic E-state index is 0.101.